The Bertz CT molecular complexity index is 679. The van der Waals surface area contributed by atoms with Gasteiger partial charge in [0.2, 0.25) is 0 Å². The molecule has 0 aromatic heterocycles. The minimum atomic E-state index is 0.120. The number of aldehydes is 2. The van der Waals surface area contributed by atoms with E-state index in [1.54, 1.807) is 7.11 Å². The van der Waals surface area contributed by atoms with Crippen LogP contribution >= 0.6 is 0 Å². The summed E-state index contributed by atoms with van der Waals surface area (Å²) in [5.41, 5.74) is 2.07. The molecule has 25 heavy (non-hydrogen) atoms. The summed E-state index contributed by atoms with van der Waals surface area (Å²) in [6.45, 7) is 0.120. The number of carbonyl (C=O) groups is 2. The van der Waals surface area contributed by atoms with Gasteiger partial charge in [-0.25, -0.2) is 0 Å². The van der Waals surface area contributed by atoms with E-state index in [2.05, 4.69) is 0 Å². The first-order chi connectivity index (χ1) is 12.3. The zero-order valence-electron chi connectivity index (χ0n) is 14.3. The number of aryl methyl sites for hydroxylation is 2. The van der Waals surface area contributed by atoms with Crippen LogP contribution in [0.3, 0.4) is 0 Å². The number of hydrogen-bond acceptors (Lipinski definition) is 5. The molecule has 0 N–H and O–H groups in total. The Balaban J connectivity index is 2.16. The van der Waals surface area contributed by atoms with Crippen molar-refractivity contribution in [2.45, 2.75) is 25.7 Å². The number of carbonyl (C=O) groups excluding carboxylic acids is 2. The summed E-state index contributed by atoms with van der Waals surface area (Å²) in [5.74, 6) is 1.81. The van der Waals surface area contributed by atoms with Crippen LogP contribution in [-0.4, -0.2) is 26.5 Å². The number of benzene rings is 2. The van der Waals surface area contributed by atoms with E-state index >= 15 is 0 Å². The molecule has 2 aromatic rings. The third kappa shape index (κ3) is 6.04. The fraction of sp³-hybridized carbons (Fsp3) is 0.300. The van der Waals surface area contributed by atoms with Gasteiger partial charge in [-0.1, -0.05) is 18.2 Å². The second-order valence-corrected chi connectivity index (χ2v) is 5.49. The van der Waals surface area contributed by atoms with Crippen LogP contribution in [0.1, 0.15) is 24.0 Å². The summed E-state index contributed by atoms with van der Waals surface area (Å²) in [7, 11) is 1.55. The fourth-order valence-electron chi connectivity index (χ4n) is 2.33. The van der Waals surface area contributed by atoms with Crippen molar-refractivity contribution in [3.05, 3.63) is 53.6 Å². The largest absolute Gasteiger partial charge is 0.464 e. The second-order valence-electron chi connectivity index (χ2n) is 5.49. The Morgan fingerprint density at radius 3 is 2.12 bits per heavy atom. The first-order valence-corrected chi connectivity index (χ1v) is 8.15. The van der Waals surface area contributed by atoms with Gasteiger partial charge >= 0.3 is 0 Å². The molecule has 0 amide bonds. The maximum absolute atomic E-state index is 10.6. The molecule has 0 bridgehead atoms. The van der Waals surface area contributed by atoms with E-state index < -0.39 is 0 Å². The quantitative estimate of drug-likeness (QED) is 0.460. The predicted octanol–water partition coefficient (Wildman–Crippen LogP) is 3.72. The average Bonchev–Trinajstić information content (AvgIpc) is 2.65. The minimum Gasteiger partial charge on any atom is -0.464 e. The van der Waals surface area contributed by atoms with E-state index in [0.29, 0.717) is 42.9 Å². The van der Waals surface area contributed by atoms with Crippen molar-refractivity contribution in [1.82, 2.24) is 0 Å². The highest BCUT2D eigenvalue weighted by molar-refractivity contribution is 5.52. The molecule has 0 atom stereocenters. The van der Waals surface area contributed by atoms with Crippen LogP contribution in [0.4, 0.5) is 0 Å². The van der Waals surface area contributed by atoms with Gasteiger partial charge < -0.3 is 23.8 Å². The molecule has 2 rings (SSSR count). The van der Waals surface area contributed by atoms with Gasteiger partial charge in [0.05, 0.1) is 0 Å². The third-order valence-electron chi connectivity index (χ3n) is 3.59. The van der Waals surface area contributed by atoms with E-state index in [1.807, 2.05) is 42.5 Å². The van der Waals surface area contributed by atoms with Gasteiger partial charge in [-0.3, -0.25) is 0 Å². The maximum atomic E-state index is 10.6. The highest BCUT2D eigenvalue weighted by Gasteiger charge is 2.09. The van der Waals surface area contributed by atoms with E-state index in [0.717, 1.165) is 23.7 Å². The van der Waals surface area contributed by atoms with Gasteiger partial charge in [0.15, 0.2) is 18.3 Å². The van der Waals surface area contributed by atoms with Crippen molar-refractivity contribution in [3.8, 4) is 17.2 Å². The van der Waals surface area contributed by atoms with Crippen molar-refractivity contribution in [2.24, 2.45) is 0 Å². The van der Waals surface area contributed by atoms with Gasteiger partial charge in [-0.05, 0) is 48.2 Å². The molecule has 0 radical (unpaired) electrons. The van der Waals surface area contributed by atoms with E-state index in [1.165, 1.54) is 0 Å². The van der Waals surface area contributed by atoms with Crippen LogP contribution in [0.15, 0.2) is 42.5 Å². The molecular formula is C20H22O5. The lowest BCUT2D eigenvalue weighted by atomic mass is 10.1. The SMILES string of the molecule is COCOc1ccc(CCC=O)cc1Oc1ccc(CCC=O)cc1. The molecule has 0 saturated carbocycles. The van der Waals surface area contributed by atoms with Gasteiger partial charge in [-0.15, -0.1) is 0 Å². The zero-order valence-corrected chi connectivity index (χ0v) is 14.3. The summed E-state index contributed by atoms with van der Waals surface area (Å²) in [4.78, 5) is 21.0. The van der Waals surface area contributed by atoms with Crippen LogP contribution in [0.25, 0.3) is 0 Å². The van der Waals surface area contributed by atoms with E-state index in [4.69, 9.17) is 14.2 Å². The average molecular weight is 342 g/mol. The highest BCUT2D eigenvalue weighted by Crippen LogP contribution is 2.33. The fourth-order valence-corrected chi connectivity index (χ4v) is 2.33. The van der Waals surface area contributed by atoms with Crippen LogP contribution in [0.5, 0.6) is 17.2 Å². The van der Waals surface area contributed by atoms with Gasteiger partial charge in [0.25, 0.3) is 0 Å². The topological polar surface area (TPSA) is 61.8 Å². The predicted molar refractivity (Wildman–Crippen MR) is 94.2 cm³/mol. The maximum Gasteiger partial charge on any atom is 0.188 e. The Hall–Kier alpha value is -2.66. The normalized spacial score (nSPS) is 10.3. The van der Waals surface area contributed by atoms with E-state index in [-0.39, 0.29) is 6.79 Å². The van der Waals surface area contributed by atoms with Crippen molar-refractivity contribution in [2.75, 3.05) is 13.9 Å². The molecule has 0 aliphatic rings. The molecule has 0 unspecified atom stereocenters. The number of methoxy groups -OCH3 is 1. The molecular weight excluding hydrogens is 320 g/mol. The molecule has 0 heterocycles. The standard InChI is InChI=1S/C20H22O5/c1-23-15-24-19-11-8-17(5-3-13-22)14-20(19)25-18-9-6-16(7-10-18)4-2-12-21/h6-14H,2-5,15H2,1H3. The lowest BCUT2D eigenvalue weighted by Crippen LogP contribution is -2.01. The molecule has 0 saturated heterocycles. The first kappa shape index (κ1) is 18.7. The summed E-state index contributed by atoms with van der Waals surface area (Å²) in [5, 5.41) is 0. The molecule has 132 valence electrons. The lowest BCUT2D eigenvalue weighted by molar-refractivity contribution is -0.108. The Kier molecular flexibility index (Phi) is 7.66. The van der Waals surface area contributed by atoms with Gasteiger partial charge in [-0.2, -0.15) is 0 Å². The molecule has 2 aromatic carbocycles. The van der Waals surface area contributed by atoms with E-state index in [9.17, 15) is 9.59 Å². The van der Waals surface area contributed by atoms with Crippen molar-refractivity contribution >= 4 is 12.6 Å². The molecule has 0 spiro atoms. The second kappa shape index (κ2) is 10.3. The summed E-state index contributed by atoms with van der Waals surface area (Å²) < 4.78 is 16.4. The number of ether oxygens (including phenoxy) is 3. The monoisotopic (exact) mass is 342 g/mol. The zero-order chi connectivity index (χ0) is 17.9. The molecule has 0 aliphatic carbocycles. The van der Waals surface area contributed by atoms with Gasteiger partial charge in [0, 0.05) is 20.0 Å². The number of rotatable bonds is 11. The van der Waals surface area contributed by atoms with Gasteiger partial charge in [0.1, 0.15) is 18.3 Å². The van der Waals surface area contributed by atoms with Crippen LogP contribution < -0.4 is 9.47 Å². The third-order valence-corrected chi connectivity index (χ3v) is 3.59. The lowest BCUT2D eigenvalue weighted by Gasteiger charge is -2.14. The summed E-state index contributed by atoms with van der Waals surface area (Å²) in [6.07, 6.45) is 4.14. The van der Waals surface area contributed by atoms with Crippen LogP contribution in [0.2, 0.25) is 0 Å². The Labute approximate surface area is 147 Å². The minimum absolute atomic E-state index is 0.120. The summed E-state index contributed by atoms with van der Waals surface area (Å²) in [6, 6.07) is 13.2. The number of hydrogen-bond donors (Lipinski definition) is 0. The van der Waals surface area contributed by atoms with Crippen molar-refractivity contribution in [3.63, 3.8) is 0 Å². The van der Waals surface area contributed by atoms with Crippen LogP contribution in [-0.2, 0) is 27.2 Å². The first-order valence-electron chi connectivity index (χ1n) is 8.15. The highest BCUT2D eigenvalue weighted by atomic mass is 16.7. The van der Waals surface area contributed by atoms with Crippen molar-refractivity contribution < 1.29 is 23.8 Å². The van der Waals surface area contributed by atoms with Crippen LogP contribution in [0, 0.1) is 0 Å². The summed E-state index contributed by atoms with van der Waals surface area (Å²) >= 11 is 0. The molecule has 5 heteroatoms. The molecule has 5 nitrogen and oxygen atoms in total. The smallest absolute Gasteiger partial charge is 0.188 e. The Morgan fingerprint density at radius 1 is 0.840 bits per heavy atom. The Morgan fingerprint density at radius 2 is 1.48 bits per heavy atom. The molecule has 0 fully saturated rings. The van der Waals surface area contributed by atoms with Crippen molar-refractivity contribution in [1.29, 1.82) is 0 Å². The molecule has 0 aliphatic heterocycles.